The van der Waals surface area contributed by atoms with Crippen LogP contribution in [0.2, 0.25) is 0 Å². The lowest BCUT2D eigenvalue weighted by molar-refractivity contribution is 0.0513. The Balaban J connectivity index is 2.99. The topological polar surface area (TPSA) is 52.1 Å². The van der Waals surface area contributed by atoms with Crippen LogP contribution < -0.4 is 0 Å². The minimum atomic E-state index is -0.760. The van der Waals surface area contributed by atoms with Crippen molar-refractivity contribution in [2.45, 2.75) is 13.8 Å². The number of aryl methyl sites for hydroxylation is 1. The third kappa shape index (κ3) is 2.21. The number of aromatic nitrogens is 2. The first-order chi connectivity index (χ1) is 6.15. The van der Waals surface area contributed by atoms with E-state index in [4.69, 9.17) is 0 Å². The van der Waals surface area contributed by atoms with Crippen molar-refractivity contribution < 1.29 is 13.9 Å². The highest BCUT2D eigenvalue weighted by atomic mass is 19.1. The van der Waals surface area contributed by atoms with Gasteiger partial charge in [-0.2, -0.15) is 0 Å². The molecule has 4 nitrogen and oxygen atoms in total. The minimum absolute atomic E-state index is 0.196. The fourth-order valence-electron chi connectivity index (χ4n) is 0.798. The van der Waals surface area contributed by atoms with Crippen LogP contribution in [0, 0.1) is 12.7 Å². The van der Waals surface area contributed by atoms with Gasteiger partial charge in [0.05, 0.1) is 12.8 Å². The summed E-state index contributed by atoms with van der Waals surface area (Å²) in [4.78, 5) is 18.3. The zero-order valence-corrected chi connectivity index (χ0v) is 7.37. The Morgan fingerprint density at radius 3 is 3.00 bits per heavy atom. The summed E-state index contributed by atoms with van der Waals surface area (Å²) in [5, 5.41) is 0. The molecule has 0 aliphatic rings. The molecule has 0 saturated heterocycles. The second-order valence-corrected chi connectivity index (χ2v) is 2.33. The molecule has 0 spiro atoms. The third-order valence-electron chi connectivity index (χ3n) is 1.33. The zero-order chi connectivity index (χ0) is 9.84. The Labute approximate surface area is 74.8 Å². The van der Waals surface area contributed by atoms with Crippen LogP contribution in [0.15, 0.2) is 6.20 Å². The van der Waals surface area contributed by atoms with Crippen molar-refractivity contribution in [2.75, 3.05) is 6.61 Å². The predicted molar refractivity (Wildman–Crippen MR) is 42.7 cm³/mol. The lowest BCUT2D eigenvalue weighted by Gasteiger charge is -2.01. The summed E-state index contributed by atoms with van der Waals surface area (Å²) < 4.78 is 17.5. The SMILES string of the molecule is CCOC(=O)c1nc(C)ncc1F. The van der Waals surface area contributed by atoms with Crippen LogP contribution in [-0.4, -0.2) is 22.5 Å². The minimum Gasteiger partial charge on any atom is -0.461 e. The summed E-state index contributed by atoms with van der Waals surface area (Å²) in [6, 6.07) is 0. The van der Waals surface area contributed by atoms with Crippen molar-refractivity contribution in [3.8, 4) is 0 Å². The molecule has 0 aliphatic carbocycles. The maximum absolute atomic E-state index is 12.9. The number of hydrogen-bond acceptors (Lipinski definition) is 4. The van der Waals surface area contributed by atoms with Gasteiger partial charge in [-0.15, -0.1) is 0 Å². The van der Waals surface area contributed by atoms with E-state index in [2.05, 4.69) is 14.7 Å². The Morgan fingerprint density at radius 1 is 1.69 bits per heavy atom. The van der Waals surface area contributed by atoms with Crippen molar-refractivity contribution in [1.82, 2.24) is 9.97 Å². The quantitative estimate of drug-likeness (QED) is 0.646. The Bertz CT molecular complexity index is 328. The molecule has 5 heteroatoms. The van der Waals surface area contributed by atoms with E-state index in [1.54, 1.807) is 13.8 Å². The van der Waals surface area contributed by atoms with Crippen LogP contribution >= 0.6 is 0 Å². The molecule has 1 rings (SSSR count). The molecule has 0 unspecified atom stereocenters. The molecule has 0 aromatic carbocycles. The smallest absolute Gasteiger partial charge is 0.360 e. The largest absolute Gasteiger partial charge is 0.461 e. The van der Waals surface area contributed by atoms with E-state index in [1.165, 1.54) is 0 Å². The summed E-state index contributed by atoms with van der Waals surface area (Å²) >= 11 is 0. The lowest BCUT2D eigenvalue weighted by Crippen LogP contribution is -2.11. The standard InChI is InChI=1S/C8H9FN2O2/c1-3-13-8(12)7-6(9)4-10-5(2)11-7/h4H,3H2,1-2H3. The van der Waals surface area contributed by atoms with E-state index in [9.17, 15) is 9.18 Å². The van der Waals surface area contributed by atoms with Gasteiger partial charge in [-0.3, -0.25) is 0 Å². The fraction of sp³-hybridized carbons (Fsp3) is 0.375. The molecule has 0 radical (unpaired) electrons. The summed E-state index contributed by atoms with van der Waals surface area (Å²) in [5.74, 6) is -1.18. The molecule has 0 aliphatic heterocycles. The number of carbonyl (C=O) groups excluding carboxylic acids is 1. The number of rotatable bonds is 2. The van der Waals surface area contributed by atoms with Crippen LogP contribution in [0.1, 0.15) is 23.2 Å². The molecule has 70 valence electrons. The van der Waals surface area contributed by atoms with Gasteiger partial charge < -0.3 is 4.74 Å². The molecule has 0 bridgehead atoms. The summed E-state index contributed by atoms with van der Waals surface area (Å²) in [7, 11) is 0. The fourth-order valence-corrected chi connectivity index (χ4v) is 0.798. The van der Waals surface area contributed by atoms with Crippen LogP contribution in [-0.2, 0) is 4.74 Å². The van der Waals surface area contributed by atoms with Crippen LogP contribution in [0.3, 0.4) is 0 Å². The molecule has 0 fully saturated rings. The maximum Gasteiger partial charge on any atom is 0.360 e. The summed E-state index contributed by atoms with van der Waals surface area (Å²) in [6.07, 6.45) is 0.953. The third-order valence-corrected chi connectivity index (χ3v) is 1.33. The average molecular weight is 184 g/mol. The molecule has 0 amide bonds. The number of hydrogen-bond donors (Lipinski definition) is 0. The molecular weight excluding hydrogens is 175 g/mol. The van der Waals surface area contributed by atoms with E-state index in [0.717, 1.165) is 6.20 Å². The highest BCUT2D eigenvalue weighted by Gasteiger charge is 2.14. The van der Waals surface area contributed by atoms with Gasteiger partial charge in [-0.05, 0) is 13.8 Å². The van der Waals surface area contributed by atoms with Gasteiger partial charge in [0.1, 0.15) is 5.82 Å². The van der Waals surface area contributed by atoms with E-state index >= 15 is 0 Å². The second-order valence-electron chi connectivity index (χ2n) is 2.33. The first-order valence-electron chi connectivity index (χ1n) is 3.81. The highest BCUT2D eigenvalue weighted by Crippen LogP contribution is 2.04. The number of ether oxygens (including phenoxy) is 1. The first kappa shape index (κ1) is 9.57. The summed E-state index contributed by atoms with van der Waals surface area (Å²) in [5.41, 5.74) is -0.311. The number of nitrogens with zero attached hydrogens (tertiary/aromatic N) is 2. The van der Waals surface area contributed by atoms with Crippen LogP contribution in [0.25, 0.3) is 0 Å². The van der Waals surface area contributed by atoms with Gasteiger partial charge in [0.25, 0.3) is 0 Å². The monoisotopic (exact) mass is 184 g/mol. The van der Waals surface area contributed by atoms with Crippen molar-refractivity contribution in [3.63, 3.8) is 0 Å². The second kappa shape index (κ2) is 3.93. The molecule has 0 atom stereocenters. The van der Waals surface area contributed by atoms with Crippen LogP contribution in [0.5, 0.6) is 0 Å². The highest BCUT2D eigenvalue weighted by molar-refractivity contribution is 5.87. The Kier molecular flexibility index (Phi) is 2.89. The summed E-state index contributed by atoms with van der Waals surface area (Å²) in [6.45, 7) is 3.41. The van der Waals surface area contributed by atoms with Gasteiger partial charge in [-0.25, -0.2) is 19.2 Å². The van der Waals surface area contributed by atoms with Crippen molar-refractivity contribution in [1.29, 1.82) is 0 Å². The maximum atomic E-state index is 12.9. The van der Waals surface area contributed by atoms with E-state index in [-0.39, 0.29) is 12.3 Å². The first-order valence-corrected chi connectivity index (χ1v) is 3.81. The van der Waals surface area contributed by atoms with Crippen molar-refractivity contribution >= 4 is 5.97 Å². The molecular formula is C8H9FN2O2. The molecule has 1 aromatic heterocycles. The van der Waals surface area contributed by atoms with Crippen molar-refractivity contribution in [3.05, 3.63) is 23.5 Å². The Morgan fingerprint density at radius 2 is 2.38 bits per heavy atom. The normalized spacial score (nSPS) is 9.77. The molecule has 1 aromatic rings. The molecule has 13 heavy (non-hydrogen) atoms. The zero-order valence-electron chi connectivity index (χ0n) is 7.37. The Hall–Kier alpha value is -1.52. The van der Waals surface area contributed by atoms with Gasteiger partial charge in [0.2, 0.25) is 0 Å². The van der Waals surface area contributed by atoms with Crippen LogP contribution in [0.4, 0.5) is 4.39 Å². The van der Waals surface area contributed by atoms with Gasteiger partial charge in [0.15, 0.2) is 11.5 Å². The molecule has 1 heterocycles. The van der Waals surface area contributed by atoms with Crippen molar-refractivity contribution in [2.24, 2.45) is 0 Å². The lowest BCUT2D eigenvalue weighted by atomic mass is 10.4. The van der Waals surface area contributed by atoms with E-state index in [1.807, 2.05) is 0 Å². The number of halogens is 1. The van der Waals surface area contributed by atoms with Gasteiger partial charge in [-0.1, -0.05) is 0 Å². The molecule has 0 N–H and O–H groups in total. The molecule has 0 saturated carbocycles. The average Bonchev–Trinajstić information content (AvgIpc) is 2.09. The van der Waals surface area contributed by atoms with E-state index in [0.29, 0.717) is 5.82 Å². The van der Waals surface area contributed by atoms with Gasteiger partial charge >= 0.3 is 5.97 Å². The van der Waals surface area contributed by atoms with E-state index < -0.39 is 11.8 Å². The number of esters is 1. The number of carbonyl (C=O) groups is 1. The predicted octanol–water partition coefficient (Wildman–Crippen LogP) is 1.10. The van der Waals surface area contributed by atoms with Gasteiger partial charge in [0, 0.05) is 0 Å².